The molecule has 122 valence electrons. The maximum absolute atomic E-state index is 12.5. The first-order valence-electron chi connectivity index (χ1n) is 7.50. The molecule has 23 heavy (non-hydrogen) atoms. The molecule has 1 aliphatic rings. The number of aromatic amines is 1. The zero-order chi connectivity index (χ0) is 16.4. The second-order valence-electron chi connectivity index (χ2n) is 5.60. The lowest BCUT2D eigenvalue weighted by molar-refractivity contribution is -0.140. The van der Waals surface area contributed by atoms with Gasteiger partial charge in [-0.3, -0.25) is 9.59 Å². The zero-order valence-electron chi connectivity index (χ0n) is 12.6. The Morgan fingerprint density at radius 2 is 1.78 bits per heavy atom. The van der Waals surface area contributed by atoms with Crippen LogP contribution in [-0.2, 0) is 16.0 Å². The summed E-state index contributed by atoms with van der Waals surface area (Å²) in [5, 5.41) is 10.5. The van der Waals surface area contributed by atoms with Crippen LogP contribution in [0.5, 0.6) is 0 Å². The molecule has 2 aromatic rings. The highest BCUT2D eigenvalue weighted by Gasteiger charge is 2.24. The van der Waals surface area contributed by atoms with Crippen LogP contribution in [0.1, 0.15) is 5.56 Å². The van der Waals surface area contributed by atoms with Crippen LogP contribution in [0.15, 0.2) is 24.4 Å². The van der Waals surface area contributed by atoms with E-state index in [-0.39, 0.29) is 11.8 Å². The van der Waals surface area contributed by atoms with Gasteiger partial charge >= 0.3 is 0 Å². The molecule has 1 fully saturated rings. The van der Waals surface area contributed by atoms with Crippen molar-refractivity contribution in [3.8, 4) is 0 Å². The number of H-pyrrole nitrogens is 1. The number of halogens is 1. The third-order valence-electron chi connectivity index (χ3n) is 4.19. The van der Waals surface area contributed by atoms with E-state index in [0.29, 0.717) is 37.6 Å². The minimum atomic E-state index is -0.480. The molecule has 7 heteroatoms. The zero-order valence-corrected chi connectivity index (χ0v) is 13.3. The number of carbonyl (C=O) groups is 2. The highest BCUT2D eigenvalue weighted by molar-refractivity contribution is 6.31. The average Bonchev–Trinajstić information content (AvgIpc) is 2.96. The van der Waals surface area contributed by atoms with Crippen molar-refractivity contribution in [2.24, 2.45) is 0 Å². The van der Waals surface area contributed by atoms with E-state index in [1.54, 1.807) is 9.80 Å². The number of aliphatic hydroxyl groups is 1. The molecule has 2 N–H and O–H groups in total. The van der Waals surface area contributed by atoms with Crippen LogP contribution in [0.25, 0.3) is 10.9 Å². The average molecular weight is 336 g/mol. The second-order valence-corrected chi connectivity index (χ2v) is 6.04. The maximum Gasteiger partial charge on any atom is 0.248 e. The lowest BCUT2D eigenvalue weighted by Gasteiger charge is -2.34. The van der Waals surface area contributed by atoms with Gasteiger partial charge in [0, 0.05) is 48.3 Å². The van der Waals surface area contributed by atoms with Gasteiger partial charge in [0.1, 0.15) is 6.61 Å². The summed E-state index contributed by atoms with van der Waals surface area (Å²) in [7, 11) is 0. The first-order valence-corrected chi connectivity index (χ1v) is 7.88. The first kappa shape index (κ1) is 15.8. The number of amides is 2. The topological polar surface area (TPSA) is 76.6 Å². The second kappa shape index (κ2) is 6.60. The van der Waals surface area contributed by atoms with Gasteiger partial charge in [0.15, 0.2) is 0 Å². The van der Waals surface area contributed by atoms with Crippen molar-refractivity contribution in [1.82, 2.24) is 14.8 Å². The molecular formula is C16H18ClN3O3. The molecule has 0 bridgehead atoms. The molecule has 2 heterocycles. The summed E-state index contributed by atoms with van der Waals surface area (Å²) in [5.74, 6) is -0.248. The number of carbonyl (C=O) groups excluding carboxylic acids is 2. The number of rotatable bonds is 3. The molecule has 1 saturated heterocycles. The summed E-state index contributed by atoms with van der Waals surface area (Å²) in [4.78, 5) is 30.4. The van der Waals surface area contributed by atoms with E-state index in [1.807, 2.05) is 24.4 Å². The van der Waals surface area contributed by atoms with E-state index in [0.717, 1.165) is 16.5 Å². The Morgan fingerprint density at radius 1 is 1.13 bits per heavy atom. The van der Waals surface area contributed by atoms with Crippen LogP contribution >= 0.6 is 11.6 Å². The first-order chi connectivity index (χ1) is 11.1. The summed E-state index contributed by atoms with van der Waals surface area (Å²) in [6.45, 7) is 1.45. The standard InChI is InChI=1S/C16H18ClN3O3/c17-12-1-2-13-11(9-18-14(13)8-12)7-15(22)19-3-5-20(6-4-19)16(23)10-21/h1-2,8-9,18,21H,3-7,10H2. The minimum Gasteiger partial charge on any atom is -0.387 e. The number of hydrogen-bond donors (Lipinski definition) is 2. The van der Waals surface area contributed by atoms with E-state index in [4.69, 9.17) is 16.7 Å². The van der Waals surface area contributed by atoms with Crippen molar-refractivity contribution < 1.29 is 14.7 Å². The summed E-state index contributed by atoms with van der Waals surface area (Å²) in [6.07, 6.45) is 2.15. The molecule has 3 rings (SSSR count). The van der Waals surface area contributed by atoms with E-state index < -0.39 is 6.61 Å². The molecule has 1 aliphatic heterocycles. The van der Waals surface area contributed by atoms with E-state index in [2.05, 4.69) is 4.98 Å². The fourth-order valence-electron chi connectivity index (χ4n) is 2.88. The van der Waals surface area contributed by atoms with Gasteiger partial charge in [-0.25, -0.2) is 0 Å². The quantitative estimate of drug-likeness (QED) is 0.879. The fourth-order valence-corrected chi connectivity index (χ4v) is 3.06. The molecule has 0 atom stereocenters. The van der Waals surface area contributed by atoms with Gasteiger partial charge in [-0.2, -0.15) is 0 Å². The van der Waals surface area contributed by atoms with Crippen LogP contribution in [0.4, 0.5) is 0 Å². The molecule has 1 aromatic carbocycles. The van der Waals surface area contributed by atoms with Crippen molar-refractivity contribution in [1.29, 1.82) is 0 Å². The third kappa shape index (κ3) is 3.33. The van der Waals surface area contributed by atoms with Crippen molar-refractivity contribution >= 4 is 34.3 Å². The van der Waals surface area contributed by atoms with Crippen molar-refractivity contribution in [2.45, 2.75) is 6.42 Å². The third-order valence-corrected chi connectivity index (χ3v) is 4.43. The number of nitrogens with zero attached hydrogens (tertiary/aromatic N) is 2. The predicted molar refractivity (Wildman–Crippen MR) is 87.3 cm³/mol. The van der Waals surface area contributed by atoms with E-state index in [9.17, 15) is 9.59 Å². The SMILES string of the molecule is O=C(CO)N1CCN(C(=O)Cc2c[nH]c3cc(Cl)ccc23)CC1. The summed E-state index contributed by atoms with van der Waals surface area (Å²) in [5.41, 5.74) is 1.86. The Morgan fingerprint density at radius 3 is 2.43 bits per heavy atom. The van der Waals surface area contributed by atoms with Gasteiger partial charge in [-0.05, 0) is 17.7 Å². The number of benzene rings is 1. The van der Waals surface area contributed by atoms with Crippen LogP contribution in [0, 0.1) is 0 Å². The monoisotopic (exact) mass is 335 g/mol. The number of piperazine rings is 1. The molecule has 1 aromatic heterocycles. The molecule has 0 saturated carbocycles. The lowest BCUT2D eigenvalue weighted by Crippen LogP contribution is -2.51. The highest BCUT2D eigenvalue weighted by Crippen LogP contribution is 2.23. The highest BCUT2D eigenvalue weighted by atomic mass is 35.5. The predicted octanol–water partition coefficient (Wildman–Crippen LogP) is 1.03. The largest absolute Gasteiger partial charge is 0.387 e. The number of aromatic nitrogens is 1. The molecule has 0 aliphatic carbocycles. The van der Waals surface area contributed by atoms with Crippen molar-refractivity contribution in [3.05, 3.63) is 35.0 Å². The normalized spacial score (nSPS) is 15.2. The Hall–Kier alpha value is -2.05. The number of nitrogens with one attached hydrogen (secondary N) is 1. The van der Waals surface area contributed by atoms with Gasteiger partial charge in [0.05, 0.1) is 6.42 Å². The summed E-state index contributed by atoms with van der Waals surface area (Å²) < 4.78 is 0. The molecule has 0 unspecified atom stereocenters. The Kier molecular flexibility index (Phi) is 4.54. The van der Waals surface area contributed by atoms with Crippen molar-refractivity contribution in [2.75, 3.05) is 32.8 Å². The summed E-state index contributed by atoms with van der Waals surface area (Å²) >= 11 is 5.96. The molecule has 2 amide bonds. The molecule has 6 nitrogen and oxygen atoms in total. The molecule has 0 spiro atoms. The van der Waals surface area contributed by atoms with Crippen LogP contribution in [0.2, 0.25) is 5.02 Å². The van der Waals surface area contributed by atoms with Gasteiger partial charge in [-0.1, -0.05) is 17.7 Å². The number of hydrogen-bond acceptors (Lipinski definition) is 3. The van der Waals surface area contributed by atoms with Crippen molar-refractivity contribution in [3.63, 3.8) is 0 Å². The maximum atomic E-state index is 12.5. The van der Waals surface area contributed by atoms with Crippen LogP contribution < -0.4 is 0 Å². The van der Waals surface area contributed by atoms with E-state index >= 15 is 0 Å². The van der Waals surface area contributed by atoms with Gasteiger partial charge in [-0.15, -0.1) is 0 Å². The fraction of sp³-hybridized carbons (Fsp3) is 0.375. The minimum absolute atomic E-state index is 0.0388. The Labute approximate surface area is 138 Å². The van der Waals surface area contributed by atoms with Gasteiger partial charge in [0.25, 0.3) is 0 Å². The summed E-state index contributed by atoms with van der Waals surface area (Å²) in [6, 6.07) is 5.56. The van der Waals surface area contributed by atoms with Gasteiger partial charge in [0.2, 0.25) is 11.8 Å². The van der Waals surface area contributed by atoms with E-state index in [1.165, 1.54) is 0 Å². The lowest BCUT2D eigenvalue weighted by atomic mass is 10.1. The van der Waals surface area contributed by atoms with Crippen LogP contribution in [-0.4, -0.2) is 64.5 Å². The number of fused-ring (bicyclic) bond motifs is 1. The Balaban J connectivity index is 1.64. The van der Waals surface area contributed by atoms with Crippen LogP contribution in [0.3, 0.4) is 0 Å². The number of aliphatic hydroxyl groups excluding tert-OH is 1. The smallest absolute Gasteiger partial charge is 0.248 e. The van der Waals surface area contributed by atoms with Gasteiger partial charge < -0.3 is 19.9 Å². The Bertz CT molecular complexity index is 735. The molecule has 0 radical (unpaired) electrons. The molecular weight excluding hydrogens is 318 g/mol.